The number of carbonyl (C=O) groups excluding carboxylic acids is 8. The predicted octanol–water partition coefficient (Wildman–Crippen LogP) is 11.6. The summed E-state index contributed by atoms with van der Waals surface area (Å²) in [7, 11) is 7.14. The van der Waals surface area contributed by atoms with E-state index in [1.165, 1.54) is 32.0 Å². The monoisotopic (exact) mass is 1800 g/mol. The van der Waals surface area contributed by atoms with Gasteiger partial charge in [-0.1, -0.05) is 24.2 Å². The average Bonchev–Trinajstić information content (AvgIpc) is 1.65. The number of carbonyl (C=O) groups is 8. The first-order chi connectivity index (χ1) is 53.9. The van der Waals surface area contributed by atoms with Crippen molar-refractivity contribution in [2.24, 2.45) is 5.73 Å². The second-order valence-electron chi connectivity index (χ2n) is 24.1. The Morgan fingerprint density at radius 3 is 1.46 bits per heavy atom. The molecule has 112 heavy (non-hydrogen) atoms. The van der Waals surface area contributed by atoms with Crippen molar-refractivity contribution in [3.63, 3.8) is 0 Å². The molecule has 9 aromatic heterocycles. The van der Waals surface area contributed by atoms with Gasteiger partial charge >= 0.3 is 17.9 Å². The zero-order valence-corrected chi connectivity index (χ0v) is 68.1. The van der Waals surface area contributed by atoms with Crippen LogP contribution in [0.2, 0.25) is 5.15 Å². The van der Waals surface area contributed by atoms with Gasteiger partial charge in [-0.05, 0) is 184 Å². The Balaban J connectivity index is 0.000000155. The fraction of sp³-hybridized carbons (Fsp3) is 0.208. The normalized spacial score (nSPS) is 12.4. The van der Waals surface area contributed by atoms with E-state index in [0.29, 0.717) is 94.9 Å². The van der Waals surface area contributed by atoms with E-state index in [-0.39, 0.29) is 48.0 Å². The van der Waals surface area contributed by atoms with Gasteiger partial charge in [0.15, 0.2) is 0 Å². The highest BCUT2D eigenvalue weighted by Gasteiger charge is 2.23. The van der Waals surface area contributed by atoms with E-state index in [0.717, 1.165) is 101 Å². The minimum Gasteiger partial charge on any atom is -0.495 e. The van der Waals surface area contributed by atoms with Crippen LogP contribution in [0.1, 0.15) is 73.4 Å². The van der Waals surface area contributed by atoms with Crippen LogP contribution in [0.15, 0.2) is 189 Å². The molecular weight excluding hydrogens is 1730 g/mol. The Labute approximate surface area is 681 Å². The smallest absolute Gasteiger partial charge is 0.354 e. The third kappa shape index (κ3) is 22.1. The number of fused-ring (bicyclic) bond motifs is 4. The molecule has 35 heteroatoms. The molecule has 5 amide bonds. The second kappa shape index (κ2) is 40.3. The van der Waals surface area contributed by atoms with E-state index in [1.54, 1.807) is 80.1 Å². The van der Waals surface area contributed by atoms with Crippen LogP contribution in [-0.2, 0) is 58.3 Å². The van der Waals surface area contributed by atoms with Crippen molar-refractivity contribution in [3.8, 4) is 62.2 Å². The molecule has 11 aromatic rings. The second-order valence-corrected chi connectivity index (χ2v) is 28.2. The molecule has 10 N–H and O–H groups in total. The van der Waals surface area contributed by atoms with E-state index in [1.807, 2.05) is 122 Å². The number of hydrogen-bond donors (Lipinski definition) is 8. The lowest BCUT2D eigenvalue weighted by molar-refractivity contribution is -0.111. The number of nitrogens with zero attached hydrogens (tertiary/aromatic N) is 9. The van der Waals surface area contributed by atoms with Crippen LogP contribution in [0.3, 0.4) is 0 Å². The number of H-pyrrole nitrogens is 1. The lowest BCUT2D eigenvalue weighted by Gasteiger charge is -2.14. The summed E-state index contributed by atoms with van der Waals surface area (Å²) in [6.07, 6.45) is 17.6. The van der Waals surface area contributed by atoms with Gasteiger partial charge in [0.25, 0.3) is 23.6 Å². The molecule has 0 spiro atoms. The number of amides is 5. The van der Waals surface area contributed by atoms with Crippen molar-refractivity contribution in [2.45, 2.75) is 39.3 Å². The van der Waals surface area contributed by atoms with Crippen molar-refractivity contribution in [1.82, 2.24) is 63.6 Å². The number of methoxy groups -OCH3 is 5. The topological polar surface area (TPSA) is 390 Å². The summed E-state index contributed by atoms with van der Waals surface area (Å²) in [6.45, 7) is 10.6. The number of ether oxygens (including phenoxy) is 5. The van der Waals surface area contributed by atoms with Crippen LogP contribution in [0.4, 0.5) is 11.4 Å². The first kappa shape index (κ1) is 84.3. The number of aromatic nitrogens is 9. The number of nitrogens with two attached hydrogens (primary N) is 2. The van der Waals surface area contributed by atoms with E-state index in [4.69, 9.17) is 37.8 Å². The summed E-state index contributed by atoms with van der Waals surface area (Å²) < 4.78 is 38.7. The number of esters is 3. The Morgan fingerprint density at radius 2 is 1.01 bits per heavy atom. The summed E-state index contributed by atoms with van der Waals surface area (Å²) >= 11 is 18.9. The number of pyridine rings is 2. The fourth-order valence-electron chi connectivity index (χ4n) is 11.5. The third-order valence-electron chi connectivity index (χ3n) is 16.9. The summed E-state index contributed by atoms with van der Waals surface area (Å²) in [4.78, 5) is 103. The number of benzene rings is 2. The highest BCUT2D eigenvalue weighted by molar-refractivity contribution is 9.11. The molecule has 0 unspecified atom stereocenters. The number of hydrogen-bond acceptors (Lipinski definition) is 18. The van der Waals surface area contributed by atoms with Crippen LogP contribution in [0.5, 0.6) is 11.5 Å². The van der Waals surface area contributed by atoms with Gasteiger partial charge in [-0.15, -0.1) is 0 Å². The van der Waals surface area contributed by atoms with Crippen LogP contribution in [0, 0.1) is 11.3 Å². The van der Waals surface area contributed by atoms with E-state index in [2.05, 4.69) is 126 Å². The van der Waals surface area contributed by atoms with Gasteiger partial charge in [-0.2, -0.15) is 5.26 Å². The van der Waals surface area contributed by atoms with Gasteiger partial charge < -0.3 is 94.1 Å². The molecule has 582 valence electrons. The average molecular weight is 1800 g/mol. The minimum absolute atomic E-state index is 0.0157. The number of rotatable bonds is 14. The first-order valence-corrected chi connectivity index (χ1v) is 37.6. The molecule has 4 aliphatic heterocycles. The zero-order chi connectivity index (χ0) is 80.7. The minimum atomic E-state index is -0.444. The fourth-order valence-corrected chi connectivity index (χ4v) is 13.4. The Hall–Kier alpha value is -11.7. The van der Waals surface area contributed by atoms with Crippen molar-refractivity contribution in [3.05, 3.63) is 234 Å². The van der Waals surface area contributed by atoms with Crippen molar-refractivity contribution in [1.29, 1.82) is 5.26 Å². The predicted molar refractivity (Wildman–Crippen MR) is 435 cm³/mol. The summed E-state index contributed by atoms with van der Waals surface area (Å²) in [5, 5.41) is 22.9. The largest absolute Gasteiger partial charge is 0.495 e. The molecule has 30 nitrogen and oxygen atoms in total. The highest BCUT2D eigenvalue weighted by Crippen LogP contribution is 2.34. The number of anilines is 2. The Morgan fingerprint density at radius 1 is 0.545 bits per heavy atom. The number of nitrogen functional groups attached to an aromatic ring is 1. The molecular formula is C77H76Br4ClN17O13. The number of nitriles is 1. The lowest BCUT2D eigenvalue weighted by Crippen LogP contribution is -2.34. The molecule has 4 aliphatic rings. The van der Waals surface area contributed by atoms with Gasteiger partial charge in [0.2, 0.25) is 5.91 Å². The van der Waals surface area contributed by atoms with Crippen molar-refractivity contribution in [2.75, 3.05) is 79.3 Å². The van der Waals surface area contributed by atoms with Crippen molar-refractivity contribution >= 4 is 134 Å². The molecule has 0 fully saturated rings. The van der Waals surface area contributed by atoms with Crippen molar-refractivity contribution < 1.29 is 62.0 Å². The quantitative estimate of drug-likeness (QED) is 0.0165. The maximum Gasteiger partial charge on any atom is 0.354 e. The zero-order valence-electron chi connectivity index (χ0n) is 61.0. The maximum atomic E-state index is 12.0. The molecule has 0 saturated heterocycles. The van der Waals surface area contributed by atoms with E-state index < -0.39 is 5.97 Å². The van der Waals surface area contributed by atoms with Gasteiger partial charge in [0, 0.05) is 161 Å². The van der Waals surface area contributed by atoms with Gasteiger partial charge in [-0.3, -0.25) is 29.0 Å². The summed E-state index contributed by atoms with van der Waals surface area (Å²) in [5.41, 5.74) is 23.9. The number of aromatic amines is 1. The van der Waals surface area contributed by atoms with Crippen LogP contribution in [0.25, 0.3) is 44.6 Å². The van der Waals surface area contributed by atoms with E-state index >= 15 is 0 Å². The number of halogens is 5. The molecule has 0 bridgehead atoms. The first-order valence-electron chi connectivity index (χ1n) is 34.0. The van der Waals surface area contributed by atoms with Gasteiger partial charge in [-0.25, -0.2) is 19.4 Å². The number of nitrogens with one attached hydrogen (secondary N) is 6. The lowest BCUT2D eigenvalue weighted by atomic mass is 10.0. The molecule has 2 aromatic carbocycles. The standard InChI is InChI=1S/C22H20N4O3.C14H15N3O2.C12H10ClN3O.C8H11BrN2O2.C8H7BrN2O2.C7H7BrN2O.C6H6BrNO2/c1-3-21(27)25-18-11-15(4-5-20(18)29-2)17-10-14(6-7-23-17)16-12-19-22(28)24-8-9-26(19)13-16;1-19-13-7-9(2-3-11(13)15)10-6-12-14(18)16-4-5-17(12)8-10;13-11-6-8(1-2-14-11)9-5-10-12(17)15-3-4-16(10)7-9;2*1-13-8(12)7-4-6(9)5-11(7)3-2-10;8-5-3-6-7(11)9-1-2-10(6)4-5;1-10-6(9)5-2-4(7)3-8-5/h3-7,10-13H,1,8-9H2,2H3,(H,24,28)(H,25,27);2-3,6-8H,4-5,15H2,1H3,(H,16,18);1-2,5-7H,3-4H2,(H,15,17);4-5H,2-3,10H2,1H3;4-5H,3H2,1H3;3-4H,1-2H2,(H,9,11);2-3,8H,1H3. The molecule has 13 heterocycles. The Kier molecular flexibility index (Phi) is 30.3. The molecule has 0 aliphatic carbocycles. The summed E-state index contributed by atoms with van der Waals surface area (Å²) in [5.74, 6) is -0.373. The highest BCUT2D eigenvalue weighted by atomic mass is 79.9. The van der Waals surface area contributed by atoms with Crippen LogP contribution in [-0.4, -0.2) is 158 Å². The van der Waals surface area contributed by atoms with Gasteiger partial charge in [0.1, 0.15) is 63.1 Å². The third-order valence-corrected chi connectivity index (χ3v) is 18.8. The van der Waals surface area contributed by atoms with Crippen LogP contribution >= 0.6 is 75.3 Å². The Bertz CT molecular complexity index is 5320. The molecule has 0 atom stereocenters. The maximum absolute atomic E-state index is 12.0. The van der Waals surface area contributed by atoms with Crippen LogP contribution < -0.4 is 47.5 Å². The van der Waals surface area contributed by atoms with Gasteiger partial charge in [0.05, 0.1) is 58.7 Å². The molecule has 0 saturated carbocycles. The molecule has 0 radical (unpaired) electrons. The molecule has 15 rings (SSSR count). The van der Waals surface area contributed by atoms with E-state index in [9.17, 15) is 38.4 Å². The summed E-state index contributed by atoms with van der Waals surface area (Å²) in [6, 6.07) is 33.0. The SMILES string of the molecule is C=CC(=O)Nc1cc(-c2cc(-c3cc4n(c3)CCNC4=O)ccn2)ccc1OC.COC(=O)c1cc(Br)c[nH]1.COC(=O)c1cc(Br)cn1CC#N.COC(=O)c1cc(Br)cn1CCN.COc1cc(-c2cc3n(c2)CCNC3=O)ccc1N.O=C1NCCn2cc(-c3ccnc(Cl)c3)cc21.O=C1NCCn2cc(Br)cc21.